The van der Waals surface area contributed by atoms with Crippen LogP contribution in [0.25, 0.3) is 16.8 Å². The molecule has 1 saturated heterocycles. The molecule has 4 aromatic rings. The molecule has 0 atom stereocenters. The average molecular weight is 668 g/mol. The number of benzene rings is 4. The summed E-state index contributed by atoms with van der Waals surface area (Å²) in [4.78, 5) is 39.3. The van der Waals surface area contributed by atoms with Gasteiger partial charge in [-0.3, -0.25) is 19.3 Å². The summed E-state index contributed by atoms with van der Waals surface area (Å²) in [6.07, 6.45) is 1.58. The molecule has 1 aliphatic rings. The van der Waals surface area contributed by atoms with Gasteiger partial charge in [0.15, 0.2) is 11.5 Å². The van der Waals surface area contributed by atoms with Gasteiger partial charge in [-0.1, -0.05) is 54.1 Å². The van der Waals surface area contributed by atoms with Gasteiger partial charge in [-0.25, -0.2) is 0 Å². The molecule has 0 spiro atoms. The summed E-state index contributed by atoms with van der Waals surface area (Å²) in [5.74, 6) is 0.299. The maximum Gasteiger partial charge on any atom is 0.294 e. The first-order valence-corrected chi connectivity index (χ1v) is 14.6. The third-order valence-corrected chi connectivity index (χ3v) is 8.20. The van der Waals surface area contributed by atoms with Crippen molar-refractivity contribution >= 4 is 78.9 Å². The van der Waals surface area contributed by atoms with Crippen molar-refractivity contribution in [1.29, 1.82) is 0 Å². The van der Waals surface area contributed by atoms with E-state index in [0.717, 1.165) is 33.0 Å². The van der Waals surface area contributed by atoms with Crippen molar-refractivity contribution in [3.63, 3.8) is 0 Å². The first-order valence-electron chi connectivity index (χ1n) is 12.6. The van der Waals surface area contributed by atoms with Gasteiger partial charge in [-0.05, 0) is 86.0 Å². The Morgan fingerprint density at radius 3 is 2.52 bits per heavy atom. The summed E-state index contributed by atoms with van der Waals surface area (Å²) < 4.78 is 17.5. The van der Waals surface area contributed by atoms with E-state index in [-0.39, 0.29) is 4.91 Å². The SMILES string of the molecule is COc1ccc(NC(=O)CN2C(=O)S/C(=C/c3cc(Br)c(OCc4cccc5ccccc45)c(OC)c3)C2=O)cc1Cl. The zero-order valence-corrected chi connectivity index (χ0v) is 25.6. The molecule has 1 heterocycles. The Labute approximate surface area is 259 Å². The number of rotatable bonds is 9. The van der Waals surface area contributed by atoms with E-state index >= 15 is 0 Å². The van der Waals surface area contributed by atoms with Crippen LogP contribution in [0.4, 0.5) is 10.5 Å². The third kappa shape index (κ3) is 6.41. The Kier molecular flexibility index (Phi) is 9.06. The Morgan fingerprint density at radius 2 is 1.76 bits per heavy atom. The van der Waals surface area contributed by atoms with Crippen LogP contribution in [0, 0.1) is 0 Å². The molecule has 0 saturated carbocycles. The van der Waals surface area contributed by atoms with Crippen molar-refractivity contribution < 1.29 is 28.6 Å². The minimum absolute atomic E-state index is 0.179. The molecule has 0 aliphatic carbocycles. The summed E-state index contributed by atoms with van der Waals surface area (Å²) >= 11 is 10.4. The Hall–Kier alpha value is -3.99. The van der Waals surface area contributed by atoms with Crippen LogP contribution in [0.5, 0.6) is 17.2 Å². The zero-order chi connectivity index (χ0) is 29.8. The normalized spacial score (nSPS) is 14.0. The lowest BCUT2D eigenvalue weighted by Gasteiger charge is -2.15. The van der Waals surface area contributed by atoms with Crippen molar-refractivity contribution in [3.8, 4) is 17.2 Å². The fourth-order valence-electron chi connectivity index (χ4n) is 4.41. The lowest BCUT2D eigenvalue weighted by molar-refractivity contribution is -0.127. The van der Waals surface area contributed by atoms with Crippen LogP contribution in [0.2, 0.25) is 5.02 Å². The number of halogens is 2. The van der Waals surface area contributed by atoms with Gasteiger partial charge in [0.1, 0.15) is 18.9 Å². The second-order valence-corrected chi connectivity index (χ2v) is 11.4. The molecule has 0 radical (unpaired) electrons. The van der Waals surface area contributed by atoms with E-state index < -0.39 is 23.6 Å². The maximum atomic E-state index is 13.0. The molecule has 42 heavy (non-hydrogen) atoms. The van der Waals surface area contributed by atoms with Crippen molar-refractivity contribution in [2.75, 3.05) is 26.1 Å². The molecule has 0 unspecified atom stereocenters. The number of methoxy groups -OCH3 is 2. The average Bonchev–Trinajstić information content (AvgIpc) is 3.23. The summed E-state index contributed by atoms with van der Waals surface area (Å²) in [7, 11) is 3.01. The molecule has 0 aromatic heterocycles. The van der Waals surface area contributed by atoms with Gasteiger partial charge in [-0.15, -0.1) is 0 Å². The first-order chi connectivity index (χ1) is 20.3. The number of amides is 3. The number of nitrogens with zero attached hydrogens (tertiary/aromatic N) is 1. The lowest BCUT2D eigenvalue weighted by atomic mass is 10.1. The van der Waals surface area contributed by atoms with Crippen LogP contribution in [0.1, 0.15) is 11.1 Å². The van der Waals surface area contributed by atoms with E-state index in [1.807, 2.05) is 24.3 Å². The van der Waals surface area contributed by atoms with E-state index in [4.69, 9.17) is 25.8 Å². The number of carbonyl (C=O) groups excluding carboxylic acids is 3. The van der Waals surface area contributed by atoms with Gasteiger partial charge in [0.05, 0.1) is 28.6 Å². The van der Waals surface area contributed by atoms with Gasteiger partial charge in [0.2, 0.25) is 5.91 Å². The van der Waals surface area contributed by atoms with Crippen LogP contribution in [-0.2, 0) is 16.2 Å². The predicted molar refractivity (Wildman–Crippen MR) is 168 cm³/mol. The highest BCUT2D eigenvalue weighted by Gasteiger charge is 2.36. The molecule has 0 bridgehead atoms. The molecule has 4 aromatic carbocycles. The topological polar surface area (TPSA) is 94.2 Å². The van der Waals surface area contributed by atoms with Crippen molar-refractivity contribution in [2.24, 2.45) is 0 Å². The molecule has 5 rings (SSSR count). The van der Waals surface area contributed by atoms with E-state index in [9.17, 15) is 14.4 Å². The molecular weight excluding hydrogens is 644 g/mol. The second-order valence-electron chi connectivity index (χ2n) is 9.13. The summed E-state index contributed by atoms with van der Waals surface area (Å²) in [6, 6.07) is 22.4. The highest BCUT2D eigenvalue weighted by molar-refractivity contribution is 9.10. The molecule has 1 fully saturated rings. The van der Waals surface area contributed by atoms with E-state index in [1.54, 1.807) is 30.3 Å². The fourth-order valence-corrected chi connectivity index (χ4v) is 6.08. The number of nitrogens with one attached hydrogen (secondary N) is 1. The molecular formula is C31H24BrClN2O6S. The summed E-state index contributed by atoms with van der Waals surface area (Å²) in [5.41, 5.74) is 2.05. The molecule has 214 valence electrons. The van der Waals surface area contributed by atoms with Crippen LogP contribution >= 0.6 is 39.3 Å². The van der Waals surface area contributed by atoms with E-state index in [2.05, 4.69) is 39.4 Å². The van der Waals surface area contributed by atoms with Gasteiger partial charge < -0.3 is 19.5 Å². The smallest absolute Gasteiger partial charge is 0.294 e. The van der Waals surface area contributed by atoms with Crippen molar-refractivity contribution in [3.05, 3.63) is 98.3 Å². The maximum absolute atomic E-state index is 13.0. The van der Waals surface area contributed by atoms with Gasteiger partial charge in [-0.2, -0.15) is 0 Å². The number of ether oxygens (including phenoxy) is 3. The van der Waals surface area contributed by atoms with E-state index in [0.29, 0.717) is 44.6 Å². The highest BCUT2D eigenvalue weighted by Crippen LogP contribution is 2.40. The number of hydrogen-bond acceptors (Lipinski definition) is 7. The molecule has 3 amide bonds. The Morgan fingerprint density at radius 1 is 1.00 bits per heavy atom. The quantitative estimate of drug-likeness (QED) is 0.185. The second kappa shape index (κ2) is 12.9. The van der Waals surface area contributed by atoms with Gasteiger partial charge >= 0.3 is 0 Å². The highest BCUT2D eigenvalue weighted by atomic mass is 79.9. The first kappa shape index (κ1) is 29.5. The summed E-state index contributed by atoms with van der Waals surface area (Å²) in [5, 5.41) is 4.63. The molecule has 1 N–H and O–H groups in total. The van der Waals surface area contributed by atoms with Crippen LogP contribution in [-0.4, -0.2) is 42.7 Å². The lowest BCUT2D eigenvalue weighted by Crippen LogP contribution is -2.36. The third-order valence-electron chi connectivity index (χ3n) is 6.41. The van der Waals surface area contributed by atoms with E-state index in [1.165, 1.54) is 20.3 Å². The standard InChI is InChI=1S/C31H24BrClN2O6S/c1-39-25-11-10-21(15-24(25)33)34-28(36)16-35-30(37)27(42-31(35)38)14-18-12-23(32)29(26(13-18)40-2)41-17-20-8-5-7-19-6-3-4-9-22(19)20/h3-15H,16-17H2,1-2H3,(H,34,36)/b27-14+. The van der Waals surface area contributed by atoms with Gasteiger partial charge in [0.25, 0.3) is 11.1 Å². The van der Waals surface area contributed by atoms with Crippen LogP contribution in [0.15, 0.2) is 82.2 Å². The predicted octanol–water partition coefficient (Wildman–Crippen LogP) is 7.53. The number of imide groups is 1. The van der Waals surface area contributed by atoms with Crippen LogP contribution < -0.4 is 19.5 Å². The zero-order valence-electron chi connectivity index (χ0n) is 22.5. The minimum Gasteiger partial charge on any atom is -0.495 e. The fraction of sp³-hybridized carbons (Fsp3) is 0.129. The van der Waals surface area contributed by atoms with Gasteiger partial charge in [0, 0.05) is 5.69 Å². The minimum atomic E-state index is -0.570. The Balaban J connectivity index is 1.29. The van der Waals surface area contributed by atoms with Crippen molar-refractivity contribution in [1.82, 2.24) is 4.90 Å². The number of hydrogen-bond donors (Lipinski definition) is 1. The number of fused-ring (bicyclic) bond motifs is 1. The number of anilines is 1. The number of carbonyl (C=O) groups is 3. The molecule has 11 heteroatoms. The molecule has 1 aliphatic heterocycles. The monoisotopic (exact) mass is 666 g/mol. The largest absolute Gasteiger partial charge is 0.495 e. The Bertz CT molecular complexity index is 1740. The number of thioether (sulfide) groups is 1. The van der Waals surface area contributed by atoms with Crippen LogP contribution in [0.3, 0.4) is 0 Å². The molecule has 8 nitrogen and oxygen atoms in total. The van der Waals surface area contributed by atoms with Crippen molar-refractivity contribution in [2.45, 2.75) is 6.61 Å². The summed E-state index contributed by atoms with van der Waals surface area (Å²) in [6.45, 7) is -0.126.